The van der Waals surface area contributed by atoms with Gasteiger partial charge in [0.2, 0.25) is 5.91 Å². The van der Waals surface area contributed by atoms with Crippen molar-refractivity contribution in [2.24, 2.45) is 0 Å². The van der Waals surface area contributed by atoms with Crippen LogP contribution in [0.25, 0.3) is 0 Å². The molecule has 1 aliphatic heterocycles. The highest BCUT2D eigenvalue weighted by Gasteiger charge is 2.20. The number of nitrogens with zero attached hydrogens (tertiary/aromatic N) is 1. The Kier molecular flexibility index (Phi) is 5.60. The van der Waals surface area contributed by atoms with Crippen molar-refractivity contribution in [2.75, 3.05) is 13.1 Å². The van der Waals surface area contributed by atoms with Gasteiger partial charge in [-0.1, -0.05) is 30.3 Å². The average Bonchev–Trinajstić information content (AvgIpc) is 2.89. The summed E-state index contributed by atoms with van der Waals surface area (Å²) < 4.78 is 5.16. The number of ether oxygens (including phenoxy) is 1. The molecule has 0 radical (unpaired) electrons. The molecule has 0 unspecified atom stereocenters. The number of likely N-dealkylation sites (tertiary alicyclic amines) is 1. The molecule has 0 spiro atoms. The van der Waals surface area contributed by atoms with Gasteiger partial charge in [-0.2, -0.15) is 0 Å². The molecule has 2 amide bonds. The van der Waals surface area contributed by atoms with Crippen LogP contribution in [0, 0.1) is 0 Å². The second-order valence-electron chi connectivity index (χ2n) is 5.38. The van der Waals surface area contributed by atoms with Crippen LogP contribution in [-0.2, 0) is 16.1 Å². The van der Waals surface area contributed by atoms with E-state index in [9.17, 15) is 9.59 Å². The van der Waals surface area contributed by atoms with Crippen LogP contribution in [0.3, 0.4) is 0 Å². The van der Waals surface area contributed by atoms with E-state index in [1.54, 1.807) is 0 Å². The molecule has 1 fully saturated rings. The summed E-state index contributed by atoms with van der Waals surface area (Å²) in [7, 11) is 0. The van der Waals surface area contributed by atoms with Crippen LogP contribution in [0.1, 0.15) is 31.7 Å². The summed E-state index contributed by atoms with van der Waals surface area (Å²) in [5.74, 6) is 0.217. The van der Waals surface area contributed by atoms with E-state index in [1.165, 1.54) is 0 Å². The smallest absolute Gasteiger partial charge is 0.407 e. The molecule has 114 valence electrons. The second-order valence-corrected chi connectivity index (χ2v) is 5.38. The summed E-state index contributed by atoms with van der Waals surface area (Å²) >= 11 is 0. The third kappa shape index (κ3) is 5.10. The first-order valence-corrected chi connectivity index (χ1v) is 7.40. The van der Waals surface area contributed by atoms with E-state index in [4.69, 9.17) is 4.74 Å². The molecular formula is C16H22N2O3. The zero-order valence-electron chi connectivity index (χ0n) is 12.4. The van der Waals surface area contributed by atoms with Crippen LogP contribution < -0.4 is 5.32 Å². The van der Waals surface area contributed by atoms with Gasteiger partial charge in [0.15, 0.2) is 0 Å². The summed E-state index contributed by atoms with van der Waals surface area (Å²) in [6.07, 6.45) is 1.92. The van der Waals surface area contributed by atoms with E-state index in [-0.39, 0.29) is 18.6 Å². The number of carbonyl (C=O) groups is 2. The Labute approximate surface area is 125 Å². The van der Waals surface area contributed by atoms with Gasteiger partial charge in [-0.15, -0.1) is 0 Å². The van der Waals surface area contributed by atoms with Crippen molar-refractivity contribution < 1.29 is 14.3 Å². The van der Waals surface area contributed by atoms with E-state index in [0.29, 0.717) is 13.0 Å². The monoisotopic (exact) mass is 290 g/mol. The topological polar surface area (TPSA) is 58.6 Å². The highest BCUT2D eigenvalue weighted by molar-refractivity contribution is 5.78. The molecule has 1 saturated heterocycles. The summed E-state index contributed by atoms with van der Waals surface area (Å²) in [5.41, 5.74) is 0.961. The summed E-state index contributed by atoms with van der Waals surface area (Å²) in [4.78, 5) is 25.0. The summed E-state index contributed by atoms with van der Waals surface area (Å²) in [5, 5.41) is 2.79. The number of rotatable bonds is 6. The molecule has 1 aliphatic rings. The Balaban J connectivity index is 1.64. The molecule has 0 aliphatic carbocycles. The predicted octanol–water partition coefficient (Wildman–Crippen LogP) is 2.31. The molecule has 1 aromatic rings. The first-order chi connectivity index (χ1) is 10.1. The van der Waals surface area contributed by atoms with E-state index >= 15 is 0 Å². The molecule has 2 rings (SSSR count). The first-order valence-electron chi connectivity index (χ1n) is 7.40. The number of carbonyl (C=O) groups excluding carboxylic acids is 2. The number of benzene rings is 1. The maximum Gasteiger partial charge on any atom is 0.407 e. The Hall–Kier alpha value is -2.04. The van der Waals surface area contributed by atoms with Gasteiger partial charge in [-0.3, -0.25) is 4.79 Å². The van der Waals surface area contributed by atoms with Gasteiger partial charge in [-0.05, 0) is 25.3 Å². The molecule has 1 aromatic carbocycles. The van der Waals surface area contributed by atoms with E-state index < -0.39 is 6.09 Å². The zero-order valence-corrected chi connectivity index (χ0v) is 12.4. The Morgan fingerprint density at radius 1 is 1.38 bits per heavy atom. The normalized spacial score (nSPS) is 15.9. The van der Waals surface area contributed by atoms with Crippen LogP contribution in [0.5, 0.6) is 0 Å². The summed E-state index contributed by atoms with van der Waals surface area (Å²) in [6, 6.07) is 9.55. The summed E-state index contributed by atoms with van der Waals surface area (Å²) in [6.45, 7) is 3.72. The number of alkyl carbamates (subject to hydrolysis) is 1. The maximum absolute atomic E-state index is 11.7. The molecule has 1 heterocycles. The average molecular weight is 290 g/mol. The van der Waals surface area contributed by atoms with Gasteiger partial charge in [0.1, 0.15) is 6.61 Å². The van der Waals surface area contributed by atoms with Crippen molar-refractivity contribution in [2.45, 2.75) is 38.8 Å². The number of amides is 2. The van der Waals surface area contributed by atoms with Crippen molar-refractivity contribution in [3.05, 3.63) is 35.9 Å². The van der Waals surface area contributed by atoms with Crippen molar-refractivity contribution in [1.29, 1.82) is 0 Å². The molecule has 5 nitrogen and oxygen atoms in total. The lowest BCUT2D eigenvalue weighted by molar-refractivity contribution is -0.127. The zero-order chi connectivity index (χ0) is 15.1. The van der Waals surface area contributed by atoms with Crippen LogP contribution in [0.15, 0.2) is 30.3 Å². The fourth-order valence-electron chi connectivity index (χ4n) is 2.33. The minimum atomic E-state index is -0.417. The largest absolute Gasteiger partial charge is 0.445 e. The highest BCUT2D eigenvalue weighted by Crippen LogP contribution is 2.10. The van der Waals surface area contributed by atoms with Crippen LogP contribution >= 0.6 is 0 Å². The minimum Gasteiger partial charge on any atom is -0.445 e. The molecule has 0 bridgehead atoms. The SMILES string of the molecule is C[C@@H](CCN1CCCC1=O)NC(=O)OCc1ccccc1. The van der Waals surface area contributed by atoms with Crippen LogP contribution in [-0.4, -0.2) is 36.0 Å². The predicted molar refractivity (Wildman–Crippen MR) is 79.7 cm³/mol. The van der Waals surface area contributed by atoms with Crippen molar-refractivity contribution in [1.82, 2.24) is 10.2 Å². The lowest BCUT2D eigenvalue weighted by atomic mass is 10.2. The second kappa shape index (κ2) is 7.67. The molecule has 21 heavy (non-hydrogen) atoms. The van der Waals surface area contributed by atoms with Gasteiger partial charge >= 0.3 is 6.09 Å². The lowest BCUT2D eigenvalue weighted by Gasteiger charge is -2.19. The molecule has 1 N–H and O–H groups in total. The molecule has 0 aromatic heterocycles. The Bertz CT molecular complexity index is 476. The van der Waals surface area contributed by atoms with Gasteiger partial charge in [0, 0.05) is 25.6 Å². The quantitative estimate of drug-likeness (QED) is 0.874. The standard InChI is InChI=1S/C16H22N2O3/c1-13(9-11-18-10-5-8-15(18)19)17-16(20)21-12-14-6-3-2-4-7-14/h2-4,6-7,13H,5,8-12H2,1H3,(H,17,20)/t13-/m0/s1. The van der Waals surface area contributed by atoms with Crippen molar-refractivity contribution in [3.8, 4) is 0 Å². The molecular weight excluding hydrogens is 268 g/mol. The minimum absolute atomic E-state index is 0.0123. The van der Waals surface area contributed by atoms with Gasteiger partial charge in [0.05, 0.1) is 0 Å². The lowest BCUT2D eigenvalue weighted by Crippen LogP contribution is -2.36. The van der Waals surface area contributed by atoms with E-state index in [0.717, 1.165) is 24.9 Å². The number of nitrogens with one attached hydrogen (secondary N) is 1. The first kappa shape index (κ1) is 15.4. The van der Waals surface area contributed by atoms with E-state index in [2.05, 4.69) is 5.32 Å². The highest BCUT2D eigenvalue weighted by atomic mass is 16.5. The van der Waals surface area contributed by atoms with Crippen molar-refractivity contribution >= 4 is 12.0 Å². The fraction of sp³-hybridized carbons (Fsp3) is 0.500. The Morgan fingerprint density at radius 3 is 2.81 bits per heavy atom. The van der Waals surface area contributed by atoms with Gasteiger partial charge < -0.3 is 15.0 Å². The third-order valence-corrected chi connectivity index (χ3v) is 3.58. The molecule has 0 saturated carbocycles. The van der Waals surface area contributed by atoms with E-state index in [1.807, 2.05) is 42.2 Å². The van der Waals surface area contributed by atoms with Gasteiger partial charge in [0.25, 0.3) is 0 Å². The third-order valence-electron chi connectivity index (χ3n) is 3.58. The number of hydrogen-bond acceptors (Lipinski definition) is 3. The van der Waals surface area contributed by atoms with Crippen LogP contribution in [0.4, 0.5) is 4.79 Å². The molecule has 1 atom stereocenters. The maximum atomic E-state index is 11.7. The number of hydrogen-bond donors (Lipinski definition) is 1. The van der Waals surface area contributed by atoms with Crippen molar-refractivity contribution in [3.63, 3.8) is 0 Å². The molecule has 5 heteroatoms. The van der Waals surface area contributed by atoms with Crippen LogP contribution in [0.2, 0.25) is 0 Å². The Morgan fingerprint density at radius 2 is 2.14 bits per heavy atom. The fourth-order valence-corrected chi connectivity index (χ4v) is 2.33. The van der Waals surface area contributed by atoms with Gasteiger partial charge in [-0.25, -0.2) is 4.79 Å².